The minimum absolute atomic E-state index is 0.0826. The Morgan fingerprint density at radius 3 is 2.06 bits per heavy atom. The lowest BCUT2D eigenvalue weighted by Crippen LogP contribution is -2.28. The Labute approximate surface area is 97.3 Å². The SMILES string of the molecule is CCOC(=O)CCC(=O)OC(C)C(C)(C)C. The molecule has 16 heavy (non-hydrogen) atoms. The number of carbonyl (C=O) groups is 2. The molecule has 0 saturated carbocycles. The minimum Gasteiger partial charge on any atom is -0.466 e. The molecule has 0 radical (unpaired) electrons. The van der Waals surface area contributed by atoms with Crippen LogP contribution in [0.5, 0.6) is 0 Å². The summed E-state index contributed by atoms with van der Waals surface area (Å²) >= 11 is 0. The van der Waals surface area contributed by atoms with Gasteiger partial charge in [-0.2, -0.15) is 0 Å². The average Bonchev–Trinajstić information content (AvgIpc) is 2.13. The van der Waals surface area contributed by atoms with Gasteiger partial charge in [0.2, 0.25) is 0 Å². The molecule has 1 unspecified atom stereocenters. The summed E-state index contributed by atoms with van der Waals surface area (Å²) in [6.45, 7) is 9.91. The van der Waals surface area contributed by atoms with E-state index in [2.05, 4.69) is 0 Å². The monoisotopic (exact) mass is 230 g/mol. The third kappa shape index (κ3) is 6.43. The van der Waals surface area contributed by atoms with E-state index in [9.17, 15) is 9.59 Å². The van der Waals surface area contributed by atoms with Gasteiger partial charge in [-0.3, -0.25) is 9.59 Å². The van der Waals surface area contributed by atoms with Crippen LogP contribution in [0.4, 0.5) is 0 Å². The molecule has 0 saturated heterocycles. The lowest BCUT2D eigenvalue weighted by Gasteiger charge is -2.26. The van der Waals surface area contributed by atoms with Crippen LogP contribution in [0.2, 0.25) is 0 Å². The maximum absolute atomic E-state index is 11.4. The molecule has 0 bridgehead atoms. The first-order valence-electron chi connectivity index (χ1n) is 5.62. The molecule has 94 valence electrons. The number of ether oxygens (including phenoxy) is 2. The van der Waals surface area contributed by atoms with Gasteiger partial charge >= 0.3 is 11.9 Å². The fraction of sp³-hybridized carbons (Fsp3) is 0.833. The van der Waals surface area contributed by atoms with Gasteiger partial charge in [0.05, 0.1) is 19.4 Å². The van der Waals surface area contributed by atoms with Crippen molar-refractivity contribution < 1.29 is 19.1 Å². The average molecular weight is 230 g/mol. The summed E-state index contributed by atoms with van der Waals surface area (Å²) in [5, 5.41) is 0. The molecule has 0 aromatic rings. The third-order valence-corrected chi connectivity index (χ3v) is 2.37. The topological polar surface area (TPSA) is 52.6 Å². The normalized spacial score (nSPS) is 13.1. The summed E-state index contributed by atoms with van der Waals surface area (Å²) in [4.78, 5) is 22.4. The van der Waals surface area contributed by atoms with E-state index >= 15 is 0 Å². The van der Waals surface area contributed by atoms with Gasteiger partial charge in [0.25, 0.3) is 0 Å². The van der Waals surface area contributed by atoms with Gasteiger partial charge in [-0.25, -0.2) is 0 Å². The van der Waals surface area contributed by atoms with Crippen molar-refractivity contribution in [1.29, 1.82) is 0 Å². The van der Waals surface area contributed by atoms with Gasteiger partial charge < -0.3 is 9.47 Å². The zero-order chi connectivity index (χ0) is 12.8. The first-order chi connectivity index (χ1) is 7.27. The van der Waals surface area contributed by atoms with Crippen LogP contribution < -0.4 is 0 Å². The Kier molecular flexibility index (Phi) is 6.08. The Balaban J connectivity index is 3.88. The van der Waals surface area contributed by atoms with E-state index in [0.717, 1.165) is 0 Å². The van der Waals surface area contributed by atoms with Crippen molar-refractivity contribution >= 4 is 11.9 Å². The summed E-state index contributed by atoms with van der Waals surface area (Å²) in [5.74, 6) is -0.710. The van der Waals surface area contributed by atoms with Gasteiger partial charge in [0, 0.05) is 0 Å². The molecule has 0 aliphatic carbocycles. The van der Waals surface area contributed by atoms with Gasteiger partial charge in [-0.05, 0) is 19.3 Å². The second kappa shape index (κ2) is 6.51. The highest BCUT2D eigenvalue weighted by atomic mass is 16.5. The maximum Gasteiger partial charge on any atom is 0.306 e. The molecule has 0 fully saturated rings. The van der Waals surface area contributed by atoms with Crippen molar-refractivity contribution in [3.05, 3.63) is 0 Å². The molecule has 4 nitrogen and oxygen atoms in total. The van der Waals surface area contributed by atoms with Crippen molar-refractivity contribution in [2.45, 2.75) is 53.6 Å². The minimum atomic E-state index is -0.358. The van der Waals surface area contributed by atoms with E-state index in [1.807, 2.05) is 27.7 Å². The number of hydrogen-bond donors (Lipinski definition) is 0. The second-order valence-electron chi connectivity index (χ2n) is 4.80. The Morgan fingerprint density at radius 1 is 1.12 bits per heavy atom. The van der Waals surface area contributed by atoms with E-state index in [-0.39, 0.29) is 36.3 Å². The molecule has 0 aromatic carbocycles. The Hall–Kier alpha value is -1.06. The van der Waals surface area contributed by atoms with Crippen LogP contribution in [-0.4, -0.2) is 24.6 Å². The van der Waals surface area contributed by atoms with Crippen molar-refractivity contribution in [1.82, 2.24) is 0 Å². The van der Waals surface area contributed by atoms with Crippen LogP contribution in [0.1, 0.15) is 47.5 Å². The third-order valence-electron chi connectivity index (χ3n) is 2.37. The number of esters is 2. The van der Waals surface area contributed by atoms with Crippen molar-refractivity contribution in [3.8, 4) is 0 Å². The molecular formula is C12H22O4. The standard InChI is InChI=1S/C12H22O4/c1-6-15-10(13)7-8-11(14)16-9(2)12(3,4)5/h9H,6-8H2,1-5H3. The smallest absolute Gasteiger partial charge is 0.306 e. The fourth-order valence-electron chi connectivity index (χ4n) is 0.870. The molecule has 0 spiro atoms. The van der Waals surface area contributed by atoms with E-state index in [4.69, 9.17) is 9.47 Å². The second-order valence-corrected chi connectivity index (χ2v) is 4.80. The van der Waals surface area contributed by atoms with Crippen LogP contribution >= 0.6 is 0 Å². The molecule has 0 aromatic heterocycles. The highest BCUT2D eigenvalue weighted by molar-refractivity contribution is 5.77. The fourth-order valence-corrected chi connectivity index (χ4v) is 0.870. The van der Waals surface area contributed by atoms with Crippen molar-refractivity contribution in [3.63, 3.8) is 0 Å². The van der Waals surface area contributed by atoms with Crippen LogP contribution in [0.15, 0.2) is 0 Å². The summed E-state index contributed by atoms with van der Waals surface area (Å²) in [6, 6.07) is 0. The van der Waals surface area contributed by atoms with E-state index in [0.29, 0.717) is 6.61 Å². The molecular weight excluding hydrogens is 208 g/mol. The quantitative estimate of drug-likeness (QED) is 0.680. The lowest BCUT2D eigenvalue weighted by atomic mass is 9.90. The van der Waals surface area contributed by atoms with Gasteiger partial charge in [0.1, 0.15) is 6.10 Å². The summed E-state index contributed by atoms with van der Waals surface area (Å²) in [5.41, 5.74) is -0.0837. The molecule has 0 aliphatic rings. The Morgan fingerprint density at radius 2 is 1.62 bits per heavy atom. The van der Waals surface area contributed by atoms with Crippen LogP contribution in [0.3, 0.4) is 0 Å². The Bertz CT molecular complexity index is 240. The molecule has 0 rings (SSSR count). The summed E-state index contributed by atoms with van der Waals surface area (Å²) in [6.07, 6.45) is 0.00480. The zero-order valence-electron chi connectivity index (χ0n) is 10.8. The summed E-state index contributed by atoms with van der Waals surface area (Å²) in [7, 11) is 0. The highest BCUT2D eigenvalue weighted by Crippen LogP contribution is 2.22. The first kappa shape index (κ1) is 14.9. The van der Waals surface area contributed by atoms with Gasteiger partial charge in [-0.15, -0.1) is 0 Å². The van der Waals surface area contributed by atoms with E-state index in [1.54, 1.807) is 6.92 Å². The lowest BCUT2D eigenvalue weighted by molar-refractivity contribution is -0.156. The predicted molar refractivity (Wildman–Crippen MR) is 60.9 cm³/mol. The molecule has 0 aliphatic heterocycles. The zero-order valence-corrected chi connectivity index (χ0v) is 10.8. The van der Waals surface area contributed by atoms with Gasteiger partial charge in [-0.1, -0.05) is 20.8 Å². The number of hydrogen-bond acceptors (Lipinski definition) is 4. The molecule has 0 N–H and O–H groups in total. The predicted octanol–water partition coefficient (Wildman–Crippen LogP) is 2.31. The maximum atomic E-state index is 11.4. The molecule has 4 heteroatoms. The number of rotatable bonds is 5. The highest BCUT2D eigenvalue weighted by Gasteiger charge is 2.23. The molecule has 0 amide bonds. The van der Waals surface area contributed by atoms with Crippen LogP contribution in [0.25, 0.3) is 0 Å². The largest absolute Gasteiger partial charge is 0.466 e. The van der Waals surface area contributed by atoms with Crippen molar-refractivity contribution in [2.24, 2.45) is 5.41 Å². The molecule has 0 heterocycles. The van der Waals surface area contributed by atoms with Crippen LogP contribution in [-0.2, 0) is 19.1 Å². The summed E-state index contributed by atoms with van der Waals surface area (Å²) < 4.78 is 9.91. The van der Waals surface area contributed by atoms with Crippen molar-refractivity contribution in [2.75, 3.05) is 6.61 Å². The van der Waals surface area contributed by atoms with Gasteiger partial charge in [0.15, 0.2) is 0 Å². The van der Waals surface area contributed by atoms with Crippen LogP contribution in [0, 0.1) is 5.41 Å². The van der Waals surface area contributed by atoms with E-state index in [1.165, 1.54) is 0 Å². The molecule has 1 atom stereocenters. The first-order valence-corrected chi connectivity index (χ1v) is 5.62. The van der Waals surface area contributed by atoms with E-state index < -0.39 is 0 Å². The number of carbonyl (C=O) groups excluding carboxylic acids is 2.